The second-order valence-electron chi connectivity index (χ2n) is 11.2. The smallest absolute Gasteiger partial charge is 0.255 e. The number of carbonyl (C=O) groups excluding carboxylic acids is 4. The summed E-state index contributed by atoms with van der Waals surface area (Å²) in [5.74, 6) is -8.10. The maximum atomic E-state index is 14.0. The van der Waals surface area contributed by atoms with Crippen molar-refractivity contribution in [3.63, 3.8) is 0 Å². The van der Waals surface area contributed by atoms with Gasteiger partial charge < -0.3 is 26.2 Å². The highest BCUT2D eigenvalue weighted by Gasteiger charge is 2.64. The van der Waals surface area contributed by atoms with Gasteiger partial charge in [-0.15, -0.1) is 0 Å². The van der Waals surface area contributed by atoms with E-state index in [2.05, 4.69) is 0 Å². The van der Waals surface area contributed by atoms with Gasteiger partial charge in [0.05, 0.1) is 5.56 Å². The summed E-state index contributed by atoms with van der Waals surface area (Å²) in [6, 6.07) is 8.49. The molecule has 9 nitrogen and oxygen atoms in total. The number of carbonyl (C=O) groups is 4. The monoisotopic (exact) mass is 545 g/mol. The van der Waals surface area contributed by atoms with E-state index in [1.54, 1.807) is 26.0 Å². The van der Waals surface area contributed by atoms with Crippen molar-refractivity contribution in [2.45, 2.75) is 45.6 Å². The molecule has 0 heterocycles. The summed E-state index contributed by atoms with van der Waals surface area (Å²) >= 11 is 0. The number of hydrogen-bond donors (Lipinski definition) is 5. The van der Waals surface area contributed by atoms with E-state index >= 15 is 0 Å². The number of phenolic OH excluding ortho intramolecular Hbond substituents is 1. The molecule has 0 aliphatic heterocycles. The highest BCUT2D eigenvalue weighted by atomic mass is 16.3. The Balaban J connectivity index is 1.73. The van der Waals surface area contributed by atoms with Crippen LogP contribution in [0.15, 0.2) is 47.2 Å². The van der Waals surface area contributed by atoms with Crippen LogP contribution in [-0.2, 0) is 27.2 Å². The zero-order valence-electron chi connectivity index (χ0n) is 22.4. The number of ketones is 2. The van der Waals surface area contributed by atoms with Gasteiger partial charge in [0.2, 0.25) is 5.78 Å². The third kappa shape index (κ3) is 3.64. The molecule has 40 heavy (non-hydrogen) atoms. The van der Waals surface area contributed by atoms with Crippen molar-refractivity contribution in [1.82, 2.24) is 0 Å². The van der Waals surface area contributed by atoms with Gasteiger partial charge in [0.15, 0.2) is 11.4 Å². The molecule has 1 fully saturated rings. The minimum atomic E-state index is -2.65. The molecule has 2 aromatic rings. The van der Waals surface area contributed by atoms with E-state index in [9.17, 15) is 39.6 Å². The Hall–Kier alpha value is -4.24. The number of rotatable bonds is 5. The molecular formula is C31H31NO8. The molecular weight excluding hydrogens is 514 g/mol. The van der Waals surface area contributed by atoms with E-state index in [1.165, 1.54) is 6.07 Å². The fourth-order valence-corrected chi connectivity index (χ4v) is 6.95. The Morgan fingerprint density at radius 2 is 1.85 bits per heavy atom. The molecule has 2 aromatic carbocycles. The number of Topliss-reactive ketones (excluding diaryl/α,β-unsaturated/α-hetero) is 2. The first-order valence-corrected chi connectivity index (χ1v) is 13.3. The van der Waals surface area contributed by atoms with Gasteiger partial charge in [0.1, 0.15) is 29.1 Å². The minimum Gasteiger partial charge on any atom is -0.508 e. The van der Waals surface area contributed by atoms with Crippen LogP contribution < -0.4 is 5.73 Å². The van der Waals surface area contributed by atoms with Crippen LogP contribution in [0.4, 0.5) is 0 Å². The number of aliphatic hydroxyl groups excluding tert-OH is 2. The van der Waals surface area contributed by atoms with Crippen molar-refractivity contribution in [1.29, 1.82) is 0 Å². The van der Waals surface area contributed by atoms with Crippen molar-refractivity contribution in [2.75, 3.05) is 0 Å². The zero-order chi connectivity index (χ0) is 29.3. The largest absolute Gasteiger partial charge is 0.508 e. The molecule has 0 saturated heterocycles. The van der Waals surface area contributed by atoms with Gasteiger partial charge in [-0.05, 0) is 65.5 Å². The Morgan fingerprint density at radius 1 is 1.15 bits per heavy atom. The minimum absolute atomic E-state index is 0.0114. The molecule has 5 rings (SSSR count). The second-order valence-corrected chi connectivity index (χ2v) is 11.2. The number of fused-ring (bicyclic) bond motifs is 3. The van der Waals surface area contributed by atoms with Crippen molar-refractivity contribution < 1.29 is 39.6 Å². The summed E-state index contributed by atoms with van der Waals surface area (Å²) in [5, 5.41) is 44.9. The predicted molar refractivity (Wildman–Crippen MR) is 145 cm³/mol. The topological polar surface area (TPSA) is 175 Å². The van der Waals surface area contributed by atoms with E-state index in [-0.39, 0.29) is 29.7 Å². The van der Waals surface area contributed by atoms with E-state index in [4.69, 9.17) is 5.73 Å². The Morgan fingerprint density at radius 3 is 2.45 bits per heavy atom. The molecule has 1 amide bonds. The Bertz CT molecular complexity index is 1570. The van der Waals surface area contributed by atoms with Crippen molar-refractivity contribution in [2.24, 2.45) is 29.4 Å². The number of aromatic hydroxyl groups is 1. The van der Waals surface area contributed by atoms with Crippen LogP contribution in [0.5, 0.6) is 5.75 Å². The number of primary amides is 1. The molecule has 0 spiro atoms. The van der Waals surface area contributed by atoms with E-state index in [0.29, 0.717) is 28.7 Å². The average molecular weight is 546 g/mol. The molecule has 9 heteroatoms. The lowest BCUT2D eigenvalue weighted by atomic mass is 9.54. The first kappa shape index (κ1) is 27.3. The van der Waals surface area contributed by atoms with Crippen LogP contribution in [0.25, 0.3) is 16.9 Å². The number of phenols is 1. The van der Waals surface area contributed by atoms with Gasteiger partial charge in [-0.2, -0.15) is 0 Å². The highest BCUT2D eigenvalue weighted by Crippen LogP contribution is 2.55. The van der Waals surface area contributed by atoms with E-state index in [0.717, 1.165) is 11.8 Å². The van der Waals surface area contributed by atoms with Crippen LogP contribution in [0, 0.1) is 23.7 Å². The quantitative estimate of drug-likeness (QED) is 0.281. The summed E-state index contributed by atoms with van der Waals surface area (Å²) in [6.45, 7) is 5.37. The number of aldehydes is 1. The predicted octanol–water partition coefficient (Wildman–Crippen LogP) is 3.35. The summed E-state index contributed by atoms with van der Waals surface area (Å²) in [7, 11) is 0. The molecule has 208 valence electrons. The van der Waals surface area contributed by atoms with Gasteiger partial charge in [-0.1, -0.05) is 39.0 Å². The first-order chi connectivity index (χ1) is 18.9. The third-order valence-electron chi connectivity index (χ3n) is 8.82. The normalized spacial score (nSPS) is 26.0. The fourth-order valence-electron chi connectivity index (χ4n) is 6.95. The molecule has 1 saturated carbocycles. The second kappa shape index (κ2) is 9.45. The van der Waals surface area contributed by atoms with Gasteiger partial charge >= 0.3 is 0 Å². The molecule has 0 unspecified atom stereocenters. The molecule has 3 aliphatic carbocycles. The maximum Gasteiger partial charge on any atom is 0.255 e. The summed E-state index contributed by atoms with van der Waals surface area (Å²) < 4.78 is 0. The molecule has 0 bridgehead atoms. The Labute approximate surface area is 230 Å². The number of aryl methyl sites for hydroxylation is 1. The van der Waals surface area contributed by atoms with Crippen molar-refractivity contribution in [3.8, 4) is 16.9 Å². The summed E-state index contributed by atoms with van der Waals surface area (Å²) in [4.78, 5) is 51.1. The Kier molecular flexibility index (Phi) is 6.45. The highest BCUT2D eigenvalue weighted by molar-refractivity contribution is 6.23. The molecule has 3 aliphatic rings. The van der Waals surface area contributed by atoms with E-state index < -0.39 is 63.8 Å². The van der Waals surface area contributed by atoms with Crippen LogP contribution in [-0.4, -0.2) is 49.8 Å². The van der Waals surface area contributed by atoms with Gasteiger partial charge in [-0.25, -0.2) is 0 Å². The van der Waals surface area contributed by atoms with Crippen molar-refractivity contribution >= 4 is 29.5 Å². The number of hydrogen-bond acceptors (Lipinski definition) is 8. The summed E-state index contributed by atoms with van der Waals surface area (Å²) in [6.07, 6.45) is 1.65. The maximum absolute atomic E-state index is 14.0. The summed E-state index contributed by atoms with van der Waals surface area (Å²) in [5.41, 5.74) is 5.01. The molecule has 0 radical (unpaired) electrons. The molecule has 6 N–H and O–H groups in total. The lowest BCUT2D eigenvalue weighted by Crippen LogP contribution is -2.62. The molecule has 0 aromatic heterocycles. The van der Waals surface area contributed by atoms with Crippen LogP contribution in [0.1, 0.15) is 54.2 Å². The first-order valence-electron chi connectivity index (χ1n) is 13.3. The van der Waals surface area contributed by atoms with Crippen LogP contribution in [0.2, 0.25) is 0 Å². The van der Waals surface area contributed by atoms with Gasteiger partial charge in [0, 0.05) is 23.0 Å². The van der Waals surface area contributed by atoms with Crippen LogP contribution >= 0.6 is 0 Å². The number of amides is 1. The van der Waals surface area contributed by atoms with E-state index in [1.807, 2.05) is 19.1 Å². The fraction of sp³-hybridized carbons (Fsp3) is 0.355. The average Bonchev–Trinajstić information content (AvgIpc) is 2.90. The zero-order valence-corrected chi connectivity index (χ0v) is 22.4. The SMILES string of the molecule is CCc1ccc(-c2ccc(O)c3c2C[C@H]2C[C@H]4[C@H](C(C)C)C(=O)C(C(N)=O)=C(O)[C@@]4(O)C(=O)C2=C3O)cc1C=O. The molecule has 4 atom stereocenters. The standard InChI is InChI=1S/C31H31NO8/c1-4-14-5-6-15(9-17(14)12-33)18-7-8-21(34)24-19(18)10-16-11-20-22(13(2)3)26(35)25(30(32)39)29(38)31(20,40)28(37)23(16)27(24)36/h5-9,12-13,16,20,22,34,36,38,40H,4,10-11H2,1-3H3,(H2,32,39)/t16-,20-,22-,31-/m0/s1. The third-order valence-corrected chi connectivity index (χ3v) is 8.82. The lowest BCUT2D eigenvalue weighted by Gasteiger charge is -2.50. The van der Waals surface area contributed by atoms with Crippen molar-refractivity contribution in [3.05, 3.63) is 69.5 Å². The van der Waals surface area contributed by atoms with Gasteiger partial charge in [-0.3, -0.25) is 19.2 Å². The van der Waals surface area contributed by atoms with Crippen LogP contribution in [0.3, 0.4) is 0 Å². The number of benzene rings is 2. The number of nitrogens with two attached hydrogens (primary N) is 1. The lowest BCUT2D eigenvalue weighted by molar-refractivity contribution is -0.155. The van der Waals surface area contributed by atoms with Gasteiger partial charge in [0.25, 0.3) is 5.91 Å². The number of aliphatic hydroxyl groups is 3.